The van der Waals surface area contributed by atoms with Crippen LogP contribution in [0.1, 0.15) is 35.9 Å². The largest absolute Gasteiger partial charge is 0.351 e. The molecule has 2 heterocycles. The molecule has 1 atom stereocenters. The van der Waals surface area contributed by atoms with Crippen molar-refractivity contribution in [1.29, 1.82) is 0 Å². The predicted octanol–water partition coefficient (Wildman–Crippen LogP) is 4.79. The van der Waals surface area contributed by atoms with Crippen LogP contribution < -0.4 is 5.32 Å². The third-order valence-electron chi connectivity index (χ3n) is 4.93. The van der Waals surface area contributed by atoms with Crippen molar-refractivity contribution in [3.05, 3.63) is 64.1 Å². The molecule has 1 N–H and O–H groups in total. The van der Waals surface area contributed by atoms with Crippen LogP contribution in [-0.4, -0.2) is 28.9 Å². The van der Waals surface area contributed by atoms with Crippen LogP contribution in [0.4, 0.5) is 0 Å². The number of hydrogen-bond donors (Lipinski definition) is 1. The molecule has 3 aromatic rings. The summed E-state index contributed by atoms with van der Waals surface area (Å²) in [5.74, 6) is 0.0444. The van der Waals surface area contributed by atoms with Crippen LogP contribution in [0.5, 0.6) is 0 Å². The Kier molecular flexibility index (Phi) is 5.72. The predicted molar refractivity (Wildman–Crippen MR) is 111 cm³/mol. The first-order chi connectivity index (χ1) is 13.2. The van der Waals surface area contributed by atoms with E-state index < -0.39 is 0 Å². The van der Waals surface area contributed by atoms with Crippen LogP contribution in [0.3, 0.4) is 0 Å². The molecule has 1 aromatic heterocycles. The van der Waals surface area contributed by atoms with Gasteiger partial charge in [0, 0.05) is 11.6 Å². The Morgan fingerprint density at radius 2 is 2.11 bits per heavy atom. The fourth-order valence-corrected chi connectivity index (χ4v) is 4.93. The zero-order chi connectivity index (χ0) is 18.6. The summed E-state index contributed by atoms with van der Waals surface area (Å²) in [5, 5.41) is 4.83. The van der Waals surface area contributed by atoms with Crippen molar-refractivity contribution >= 4 is 39.1 Å². The number of amides is 1. The average molecular weight is 400 g/mol. The Morgan fingerprint density at radius 3 is 2.96 bits per heavy atom. The smallest absolute Gasteiger partial charge is 0.234 e. The zero-order valence-corrected chi connectivity index (χ0v) is 16.6. The fourth-order valence-electron chi connectivity index (χ4n) is 3.58. The van der Waals surface area contributed by atoms with E-state index in [1.165, 1.54) is 11.1 Å². The third-order valence-corrected chi connectivity index (χ3v) is 6.31. The number of fused-ring (bicyclic) bond motifs is 1. The molecular formula is C21H22ClN3OS. The first-order valence-corrected chi connectivity index (χ1v) is 10.5. The molecule has 4 nitrogen and oxygen atoms in total. The second-order valence-corrected chi connectivity index (χ2v) is 8.41. The summed E-state index contributed by atoms with van der Waals surface area (Å²) in [4.78, 5) is 19.6. The maximum atomic E-state index is 12.5. The summed E-state index contributed by atoms with van der Waals surface area (Å²) in [6, 6.07) is 16.1. The lowest BCUT2D eigenvalue weighted by atomic mass is 10.0. The van der Waals surface area contributed by atoms with Crippen LogP contribution in [0.25, 0.3) is 10.2 Å². The van der Waals surface area contributed by atoms with Crippen molar-refractivity contribution in [2.24, 2.45) is 0 Å². The van der Waals surface area contributed by atoms with Crippen LogP contribution in [0.2, 0.25) is 5.02 Å². The molecule has 2 aromatic carbocycles. The molecule has 0 radical (unpaired) electrons. The second kappa shape index (κ2) is 8.38. The topological polar surface area (TPSA) is 45.2 Å². The van der Waals surface area contributed by atoms with E-state index in [2.05, 4.69) is 22.3 Å². The second-order valence-electron chi connectivity index (χ2n) is 6.91. The van der Waals surface area contributed by atoms with Crippen molar-refractivity contribution < 1.29 is 4.79 Å². The van der Waals surface area contributed by atoms with Gasteiger partial charge in [-0.2, -0.15) is 0 Å². The summed E-state index contributed by atoms with van der Waals surface area (Å²) in [6.07, 6.45) is 3.37. The summed E-state index contributed by atoms with van der Waals surface area (Å²) in [5.41, 5.74) is 2.06. The normalized spacial score (nSPS) is 17.9. The molecule has 0 aliphatic carbocycles. The van der Waals surface area contributed by atoms with E-state index in [0.717, 1.165) is 35.5 Å². The highest BCUT2D eigenvalue weighted by Crippen LogP contribution is 2.35. The summed E-state index contributed by atoms with van der Waals surface area (Å²) >= 11 is 7.76. The quantitative estimate of drug-likeness (QED) is 0.670. The van der Waals surface area contributed by atoms with Gasteiger partial charge in [0.1, 0.15) is 5.01 Å². The molecule has 1 aliphatic rings. The molecule has 27 heavy (non-hydrogen) atoms. The Morgan fingerprint density at radius 1 is 1.22 bits per heavy atom. The number of hydrogen-bond acceptors (Lipinski definition) is 4. The average Bonchev–Trinajstić information content (AvgIpc) is 3.11. The van der Waals surface area contributed by atoms with Gasteiger partial charge in [-0.25, -0.2) is 4.98 Å². The van der Waals surface area contributed by atoms with Crippen molar-refractivity contribution in [3.63, 3.8) is 0 Å². The van der Waals surface area contributed by atoms with Crippen molar-refractivity contribution in [3.8, 4) is 0 Å². The molecule has 140 valence electrons. The molecule has 1 aliphatic heterocycles. The lowest BCUT2D eigenvalue weighted by Crippen LogP contribution is -2.41. The number of carbonyl (C=O) groups is 1. The molecule has 0 spiro atoms. The maximum absolute atomic E-state index is 12.5. The Balaban J connectivity index is 1.42. The first kappa shape index (κ1) is 18.4. The number of thiazole rings is 1. The minimum absolute atomic E-state index is 0.0444. The molecule has 1 amide bonds. The monoisotopic (exact) mass is 399 g/mol. The Bertz CT molecular complexity index is 909. The number of nitrogens with one attached hydrogen (secondary N) is 1. The van der Waals surface area contributed by atoms with E-state index >= 15 is 0 Å². The molecule has 0 saturated carbocycles. The lowest BCUT2D eigenvalue weighted by molar-refractivity contribution is -0.123. The molecule has 0 unspecified atom stereocenters. The SMILES string of the molecule is O=C(CN1CCCC[C@H]1c1nc2ccccc2s1)NCc1cccc(Cl)c1. The molecule has 1 fully saturated rings. The van der Waals surface area contributed by atoms with Gasteiger partial charge in [-0.15, -0.1) is 11.3 Å². The van der Waals surface area contributed by atoms with Gasteiger partial charge in [0.15, 0.2) is 0 Å². The maximum Gasteiger partial charge on any atom is 0.234 e. The lowest BCUT2D eigenvalue weighted by Gasteiger charge is -2.33. The highest BCUT2D eigenvalue weighted by molar-refractivity contribution is 7.18. The van der Waals surface area contributed by atoms with Crippen LogP contribution in [0, 0.1) is 0 Å². The van der Waals surface area contributed by atoms with Crippen LogP contribution in [-0.2, 0) is 11.3 Å². The van der Waals surface area contributed by atoms with E-state index in [4.69, 9.17) is 16.6 Å². The van der Waals surface area contributed by atoms with Crippen molar-refractivity contribution in [2.45, 2.75) is 31.8 Å². The highest BCUT2D eigenvalue weighted by Gasteiger charge is 2.28. The number of piperidine rings is 1. The number of rotatable bonds is 5. The number of nitrogens with zero attached hydrogens (tertiary/aromatic N) is 2. The van der Waals surface area contributed by atoms with Gasteiger partial charge < -0.3 is 5.32 Å². The number of aromatic nitrogens is 1. The summed E-state index contributed by atoms with van der Waals surface area (Å²) in [6.45, 7) is 1.84. The molecule has 1 saturated heterocycles. The number of halogens is 1. The van der Waals surface area contributed by atoms with E-state index in [-0.39, 0.29) is 11.9 Å². The number of para-hydroxylation sites is 1. The van der Waals surface area contributed by atoms with Gasteiger partial charge in [0.25, 0.3) is 0 Å². The van der Waals surface area contributed by atoms with Crippen molar-refractivity contribution in [2.75, 3.05) is 13.1 Å². The molecule has 0 bridgehead atoms. The molecule has 6 heteroatoms. The highest BCUT2D eigenvalue weighted by atomic mass is 35.5. The number of likely N-dealkylation sites (tertiary alicyclic amines) is 1. The minimum Gasteiger partial charge on any atom is -0.351 e. The Hall–Kier alpha value is -1.95. The van der Waals surface area contributed by atoms with Gasteiger partial charge in [0.05, 0.1) is 22.8 Å². The van der Waals surface area contributed by atoms with E-state index in [1.807, 2.05) is 36.4 Å². The van der Waals surface area contributed by atoms with Gasteiger partial charge in [-0.05, 0) is 49.2 Å². The van der Waals surface area contributed by atoms with Gasteiger partial charge in [-0.1, -0.05) is 42.3 Å². The molecular weight excluding hydrogens is 378 g/mol. The number of carbonyl (C=O) groups excluding carboxylic acids is 1. The van der Waals surface area contributed by atoms with E-state index in [9.17, 15) is 4.79 Å². The van der Waals surface area contributed by atoms with Gasteiger partial charge >= 0.3 is 0 Å². The third kappa shape index (κ3) is 4.49. The Labute approximate surface area is 168 Å². The van der Waals surface area contributed by atoms with E-state index in [1.54, 1.807) is 11.3 Å². The number of benzene rings is 2. The zero-order valence-electron chi connectivity index (χ0n) is 15.0. The van der Waals surface area contributed by atoms with Crippen LogP contribution in [0.15, 0.2) is 48.5 Å². The first-order valence-electron chi connectivity index (χ1n) is 9.30. The van der Waals surface area contributed by atoms with Gasteiger partial charge in [-0.3, -0.25) is 9.69 Å². The summed E-state index contributed by atoms with van der Waals surface area (Å²) in [7, 11) is 0. The van der Waals surface area contributed by atoms with E-state index in [0.29, 0.717) is 18.1 Å². The standard InChI is InChI=1S/C21H22ClN3OS/c22-16-7-5-6-15(12-16)13-23-20(26)14-25-11-4-3-9-18(25)21-24-17-8-1-2-10-19(17)27-21/h1-2,5-8,10,12,18H,3-4,9,11,13-14H2,(H,23,26)/t18-/m0/s1. The minimum atomic E-state index is 0.0444. The van der Waals surface area contributed by atoms with Crippen molar-refractivity contribution in [1.82, 2.24) is 15.2 Å². The van der Waals surface area contributed by atoms with Crippen LogP contribution >= 0.6 is 22.9 Å². The fraction of sp³-hybridized carbons (Fsp3) is 0.333. The van der Waals surface area contributed by atoms with Gasteiger partial charge in [0.2, 0.25) is 5.91 Å². The molecule has 4 rings (SSSR count). The summed E-state index contributed by atoms with van der Waals surface area (Å²) < 4.78 is 1.21.